The highest BCUT2D eigenvalue weighted by Crippen LogP contribution is 2.46. The lowest BCUT2D eigenvalue weighted by Crippen LogP contribution is -2.54. The summed E-state index contributed by atoms with van der Waals surface area (Å²) in [4.78, 5) is 38.9. The van der Waals surface area contributed by atoms with Crippen LogP contribution in [0.1, 0.15) is 64.1 Å². The van der Waals surface area contributed by atoms with Crippen LogP contribution in [0.5, 0.6) is 0 Å². The molecule has 31 heavy (non-hydrogen) atoms. The van der Waals surface area contributed by atoms with E-state index in [1.165, 1.54) is 12.1 Å². The van der Waals surface area contributed by atoms with E-state index in [2.05, 4.69) is 20.8 Å². The molecular weight excluding hydrogens is 390 g/mol. The van der Waals surface area contributed by atoms with Crippen LogP contribution < -0.4 is 0 Å². The Balaban J connectivity index is 1.98. The molecule has 1 atom stereocenters. The minimum absolute atomic E-state index is 0.100. The summed E-state index contributed by atoms with van der Waals surface area (Å²) in [5, 5.41) is 12.6. The lowest BCUT2D eigenvalue weighted by Gasteiger charge is -2.29. The predicted octanol–water partition coefficient (Wildman–Crippen LogP) is 5.21. The molecule has 0 heterocycles. The third-order valence-corrected chi connectivity index (χ3v) is 6.06. The zero-order valence-corrected chi connectivity index (χ0v) is 17.7. The van der Waals surface area contributed by atoms with Crippen LogP contribution >= 0.6 is 0 Å². The van der Waals surface area contributed by atoms with Gasteiger partial charge in [-0.2, -0.15) is 0 Å². The van der Waals surface area contributed by atoms with Gasteiger partial charge in [-0.05, 0) is 22.1 Å². The maximum absolute atomic E-state index is 13.5. The van der Waals surface area contributed by atoms with E-state index < -0.39 is 27.9 Å². The molecule has 0 amide bonds. The fourth-order valence-electron chi connectivity index (χ4n) is 4.42. The molecule has 0 spiro atoms. The topological polar surface area (TPSA) is 77.3 Å². The normalized spacial score (nSPS) is 16.1. The van der Waals surface area contributed by atoms with Crippen molar-refractivity contribution >= 4 is 11.6 Å². The van der Waals surface area contributed by atoms with Crippen LogP contribution in [0.25, 0.3) is 0 Å². The van der Waals surface area contributed by atoms with Gasteiger partial charge in [-0.25, -0.2) is 0 Å². The lowest BCUT2D eigenvalue weighted by molar-refractivity contribution is -0.532. The number of ketones is 2. The standard InChI is InChI=1S/C26H23NO4/c1-25(2,3)19-15-13-18(14-16-19)22(17-9-5-4-6-10-17)26(27(30)31)23(28)20-11-7-8-12-21(20)24(26)29/h4-16,22H,1-3H3/t22-/m1/s1. The number of nitro groups is 1. The Morgan fingerprint density at radius 2 is 1.19 bits per heavy atom. The largest absolute Gasteiger partial charge is 0.355 e. The van der Waals surface area contributed by atoms with Crippen molar-refractivity contribution in [2.75, 3.05) is 0 Å². The number of benzene rings is 3. The molecule has 0 fully saturated rings. The van der Waals surface area contributed by atoms with Crippen LogP contribution in [-0.2, 0) is 5.41 Å². The summed E-state index contributed by atoms with van der Waals surface area (Å²) in [5.74, 6) is -2.57. The van der Waals surface area contributed by atoms with Gasteiger partial charge in [0.15, 0.2) is 0 Å². The quantitative estimate of drug-likeness (QED) is 0.334. The second-order valence-corrected chi connectivity index (χ2v) is 8.94. The Morgan fingerprint density at radius 3 is 1.65 bits per heavy atom. The predicted molar refractivity (Wildman–Crippen MR) is 118 cm³/mol. The Bertz CT molecular complexity index is 1140. The average molecular weight is 413 g/mol. The average Bonchev–Trinajstić information content (AvgIpc) is 2.98. The van der Waals surface area contributed by atoms with E-state index in [9.17, 15) is 19.7 Å². The van der Waals surface area contributed by atoms with Crippen molar-refractivity contribution in [3.8, 4) is 0 Å². The van der Waals surface area contributed by atoms with E-state index in [1.54, 1.807) is 54.6 Å². The first-order valence-corrected chi connectivity index (χ1v) is 10.2. The highest BCUT2D eigenvalue weighted by molar-refractivity contribution is 6.32. The monoisotopic (exact) mass is 413 g/mol. The first kappa shape index (κ1) is 20.7. The first-order valence-electron chi connectivity index (χ1n) is 10.2. The van der Waals surface area contributed by atoms with Crippen LogP contribution in [0.4, 0.5) is 0 Å². The highest BCUT2D eigenvalue weighted by Gasteiger charge is 2.68. The Kier molecular flexibility index (Phi) is 4.85. The van der Waals surface area contributed by atoms with E-state index in [0.717, 1.165) is 5.56 Å². The van der Waals surface area contributed by atoms with Crippen LogP contribution in [-0.4, -0.2) is 22.0 Å². The van der Waals surface area contributed by atoms with Crippen molar-refractivity contribution < 1.29 is 14.5 Å². The van der Waals surface area contributed by atoms with Crippen molar-refractivity contribution in [1.82, 2.24) is 0 Å². The lowest BCUT2D eigenvalue weighted by atomic mass is 9.71. The maximum atomic E-state index is 13.5. The van der Waals surface area contributed by atoms with Gasteiger partial charge in [0.25, 0.3) is 0 Å². The molecule has 1 aliphatic rings. The van der Waals surface area contributed by atoms with Gasteiger partial charge in [0.1, 0.15) is 0 Å². The number of fused-ring (bicyclic) bond motifs is 1. The first-order chi connectivity index (χ1) is 14.7. The number of hydrogen-bond acceptors (Lipinski definition) is 4. The summed E-state index contributed by atoms with van der Waals surface area (Å²) in [7, 11) is 0. The number of carbonyl (C=O) groups is 2. The Labute approximate surface area is 180 Å². The molecule has 4 rings (SSSR count). The van der Waals surface area contributed by atoms with Crippen molar-refractivity contribution in [3.63, 3.8) is 0 Å². The number of hydrogen-bond donors (Lipinski definition) is 0. The fraction of sp³-hybridized carbons (Fsp3) is 0.231. The minimum Gasteiger partial charge on any atom is -0.285 e. The van der Waals surface area contributed by atoms with Crippen molar-refractivity contribution in [3.05, 3.63) is 117 Å². The van der Waals surface area contributed by atoms with Gasteiger partial charge in [0, 0.05) is 16.1 Å². The summed E-state index contributed by atoms with van der Waals surface area (Å²) in [6, 6.07) is 22.4. The van der Waals surface area contributed by atoms with E-state index >= 15 is 0 Å². The molecule has 156 valence electrons. The second kappa shape index (κ2) is 7.27. The van der Waals surface area contributed by atoms with E-state index in [-0.39, 0.29) is 16.5 Å². The van der Waals surface area contributed by atoms with E-state index in [4.69, 9.17) is 0 Å². The number of nitrogens with zero attached hydrogens (tertiary/aromatic N) is 1. The molecular formula is C26H23NO4. The van der Waals surface area contributed by atoms with Gasteiger partial charge in [0.2, 0.25) is 11.6 Å². The van der Waals surface area contributed by atoms with Crippen LogP contribution in [0.3, 0.4) is 0 Å². The van der Waals surface area contributed by atoms with Crippen molar-refractivity contribution in [1.29, 1.82) is 0 Å². The third kappa shape index (κ3) is 3.08. The van der Waals surface area contributed by atoms with Crippen molar-refractivity contribution in [2.24, 2.45) is 0 Å². The summed E-state index contributed by atoms with van der Waals surface area (Å²) < 4.78 is 0. The van der Waals surface area contributed by atoms with Gasteiger partial charge in [0.05, 0.1) is 5.92 Å². The minimum atomic E-state index is -2.44. The van der Waals surface area contributed by atoms with Crippen LogP contribution in [0, 0.1) is 10.1 Å². The smallest absolute Gasteiger partial charge is 0.285 e. The molecule has 0 unspecified atom stereocenters. The van der Waals surface area contributed by atoms with Gasteiger partial charge < -0.3 is 0 Å². The molecule has 0 saturated carbocycles. The summed E-state index contributed by atoms with van der Waals surface area (Å²) >= 11 is 0. The summed E-state index contributed by atoms with van der Waals surface area (Å²) in [6.45, 7) is 6.24. The molecule has 1 aliphatic carbocycles. The molecule has 5 nitrogen and oxygen atoms in total. The molecule has 0 aliphatic heterocycles. The van der Waals surface area contributed by atoms with Crippen molar-refractivity contribution in [2.45, 2.75) is 37.6 Å². The molecule has 5 heteroatoms. The molecule has 0 saturated heterocycles. The van der Waals surface area contributed by atoms with E-state index in [1.807, 2.05) is 12.1 Å². The zero-order valence-electron chi connectivity index (χ0n) is 17.7. The maximum Gasteiger partial charge on any atom is 0.355 e. The molecule has 3 aromatic rings. The molecule has 0 N–H and O–H groups in total. The molecule has 0 radical (unpaired) electrons. The summed E-state index contributed by atoms with van der Waals surface area (Å²) in [5.41, 5.74) is -0.147. The third-order valence-electron chi connectivity index (χ3n) is 6.06. The van der Waals surface area contributed by atoms with Crippen LogP contribution in [0.15, 0.2) is 78.9 Å². The van der Waals surface area contributed by atoms with Gasteiger partial charge in [-0.3, -0.25) is 19.7 Å². The fourth-order valence-corrected chi connectivity index (χ4v) is 4.42. The van der Waals surface area contributed by atoms with Crippen LogP contribution in [0.2, 0.25) is 0 Å². The van der Waals surface area contributed by atoms with Gasteiger partial charge in [-0.1, -0.05) is 99.6 Å². The summed E-state index contributed by atoms with van der Waals surface area (Å²) in [6.07, 6.45) is 0. The molecule has 0 bridgehead atoms. The van der Waals surface area contributed by atoms with Gasteiger partial charge in [-0.15, -0.1) is 0 Å². The highest BCUT2D eigenvalue weighted by atomic mass is 16.6. The number of Topliss-reactive ketones (excluding diaryl/α,β-unsaturated/α-hetero) is 2. The molecule has 3 aromatic carbocycles. The zero-order chi connectivity index (χ0) is 22.4. The molecule has 0 aromatic heterocycles. The Morgan fingerprint density at radius 1 is 0.742 bits per heavy atom. The SMILES string of the molecule is CC(C)(C)c1ccc([C@@H](c2ccccc2)C2([N+](=O)[O-])C(=O)c3ccccc3C2=O)cc1. The number of rotatable bonds is 4. The second-order valence-electron chi connectivity index (χ2n) is 8.94. The Hall–Kier alpha value is -3.60. The van der Waals surface area contributed by atoms with E-state index in [0.29, 0.717) is 11.1 Å². The number of carbonyl (C=O) groups excluding carboxylic acids is 2. The van der Waals surface area contributed by atoms with Gasteiger partial charge >= 0.3 is 5.54 Å².